The quantitative estimate of drug-likeness (QED) is 0.539. The van der Waals surface area contributed by atoms with Gasteiger partial charge in [-0.2, -0.15) is 0 Å². The maximum atomic E-state index is 4.65. The minimum absolute atomic E-state index is 0.578. The average molecular weight is 293 g/mol. The molecule has 120 valence electrons. The highest BCUT2D eigenvalue weighted by atomic mass is 15.2. The van der Waals surface area contributed by atoms with E-state index < -0.39 is 0 Å². The van der Waals surface area contributed by atoms with Gasteiger partial charge in [-0.3, -0.25) is 9.89 Å². The van der Waals surface area contributed by atoms with Crippen LogP contribution in [0.3, 0.4) is 0 Å². The Labute approximate surface area is 129 Å². The van der Waals surface area contributed by atoms with Crippen LogP contribution in [0.2, 0.25) is 0 Å². The summed E-state index contributed by atoms with van der Waals surface area (Å²) in [7, 11) is 0. The summed E-state index contributed by atoms with van der Waals surface area (Å²) < 4.78 is 2.16. The fourth-order valence-corrected chi connectivity index (χ4v) is 2.24. The van der Waals surface area contributed by atoms with Crippen LogP contribution < -0.4 is 10.6 Å². The predicted octanol–water partition coefficient (Wildman–Crippen LogP) is 1.77. The van der Waals surface area contributed by atoms with Crippen molar-refractivity contribution >= 4 is 5.96 Å². The Hall–Kier alpha value is -1.49. The van der Waals surface area contributed by atoms with Crippen molar-refractivity contribution in [2.45, 2.75) is 40.3 Å². The Morgan fingerprint density at radius 3 is 2.48 bits per heavy atom. The zero-order valence-electron chi connectivity index (χ0n) is 14.0. The van der Waals surface area contributed by atoms with Crippen molar-refractivity contribution < 1.29 is 0 Å². The number of hydrogen-bond acceptors (Lipinski definition) is 2. The number of hydrogen-bond donors (Lipinski definition) is 2. The van der Waals surface area contributed by atoms with E-state index >= 15 is 0 Å². The van der Waals surface area contributed by atoms with Crippen LogP contribution in [0.15, 0.2) is 29.5 Å². The monoisotopic (exact) mass is 293 g/mol. The standard InChI is InChI=1S/C16H31N5/c1-5-17-16(18-9-13-20-11-7-8-12-20)19-10-14-21(6-2)15(3)4/h7-8,11-12,15H,5-6,9-10,13-14H2,1-4H3,(H2,17,18,19). The van der Waals surface area contributed by atoms with Gasteiger partial charge in [0.2, 0.25) is 0 Å². The van der Waals surface area contributed by atoms with Gasteiger partial charge in [0.25, 0.3) is 0 Å². The lowest BCUT2D eigenvalue weighted by Gasteiger charge is -2.23. The SMILES string of the molecule is CCNC(=NCCN(CC)C(C)C)NCCn1cccc1. The molecule has 0 aliphatic heterocycles. The highest BCUT2D eigenvalue weighted by Gasteiger charge is 2.05. The van der Waals surface area contributed by atoms with E-state index in [0.29, 0.717) is 6.04 Å². The summed E-state index contributed by atoms with van der Waals surface area (Å²) in [6.45, 7) is 14.4. The summed E-state index contributed by atoms with van der Waals surface area (Å²) in [6, 6.07) is 4.67. The molecule has 21 heavy (non-hydrogen) atoms. The van der Waals surface area contributed by atoms with E-state index in [1.54, 1.807) is 0 Å². The molecule has 0 unspecified atom stereocenters. The lowest BCUT2D eigenvalue weighted by atomic mass is 10.3. The molecule has 0 amide bonds. The molecular formula is C16H31N5. The first-order chi connectivity index (χ1) is 10.2. The fraction of sp³-hybridized carbons (Fsp3) is 0.688. The molecule has 0 aliphatic carbocycles. The van der Waals surface area contributed by atoms with Crippen LogP contribution in [0.4, 0.5) is 0 Å². The van der Waals surface area contributed by atoms with Crippen LogP contribution in [0.5, 0.6) is 0 Å². The first-order valence-corrected chi connectivity index (χ1v) is 8.04. The average Bonchev–Trinajstić information content (AvgIpc) is 2.96. The van der Waals surface area contributed by atoms with Crippen molar-refractivity contribution in [2.24, 2.45) is 4.99 Å². The number of nitrogens with zero attached hydrogens (tertiary/aromatic N) is 3. The van der Waals surface area contributed by atoms with Crippen LogP contribution in [-0.4, -0.2) is 54.2 Å². The van der Waals surface area contributed by atoms with E-state index in [1.165, 1.54) is 0 Å². The molecule has 5 nitrogen and oxygen atoms in total. The third-order valence-electron chi connectivity index (χ3n) is 3.47. The van der Waals surface area contributed by atoms with Crippen LogP contribution in [0, 0.1) is 0 Å². The van der Waals surface area contributed by atoms with Gasteiger partial charge >= 0.3 is 0 Å². The van der Waals surface area contributed by atoms with Gasteiger partial charge in [-0.25, -0.2) is 0 Å². The van der Waals surface area contributed by atoms with Gasteiger partial charge in [-0.05, 0) is 39.4 Å². The Morgan fingerprint density at radius 1 is 1.19 bits per heavy atom. The largest absolute Gasteiger partial charge is 0.357 e. The third-order valence-corrected chi connectivity index (χ3v) is 3.47. The minimum atomic E-state index is 0.578. The number of nitrogens with one attached hydrogen (secondary N) is 2. The smallest absolute Gasteiger partial charge is 0.191 e. The molecular weight excluding hydrogens is 262 g/mol. The van der Waals surface area contributed by atoms with Gasteiger partial charge in [0.15, 0.2) is 5.96 Å². The zero-order chi connectivity index (χ0) is 15.5. The van der Waals surface area contributed by atoms with E-state index in [-0.39, 0.29) is 0 Å². The summed E-state index contributed by atoms with van der Waals surface area (Å²) in [5.74, 6) is 0.907. The topological polar surface area (TPSA) is 44.6 Å². The van der Waals surface area contributed by atoms with Gasteiger partial charge in [-0.15, -0.1) is 0 Å². The molecule has 0 aliphatic rings. The van der Waals surface area contributed by atoms with Crippen molar-refractivity contribution in [3.63, 3.8) is 0 Å². The first-order valence-electron chi connectivity index (χ1n) is 8.04. The van der Waals surface area contributed by atoms with Crippen molar-refractivity contribution in [2.75, 3.05) is 32.7 Å². The van der Waals surface area contributed by atoms with E-state index in [4.69, 9.17) is 0 Å². The number of guanidine groups is 1. The summed E-state index contributed by atoms with van der Waals surface area (Å²) in [5.41, 5.74) is 0. The summed E-state index contributed by atoms with van der Waals surface area (Å²) >= 11 is 0. The van der Waals surface area contributed by atoms with Gasteiger partial charge in [0.1, 0.15) is 0 Å². The molecule has 1 heterocycles. The molecule has 5 heteroatoms. The highest BCUT2D eigenvalue weighted by Crippen LogP contribution is 1.96. The Kier molecular flexibility index (Phi) is 8.59. The molecule has 0 radical (unpaired) electrons. The minimum Gasteiger partial charge on any atom is -0.357 e. The second kappa shape index (κ2) is 10.3. The molecule has 1 rings (SSSR count). The summed E-state index contributed by atoms with van der Waals surface area (Å²) in [5, 5.41) is 6.67. The lowest BCUT2D eigenvalue weighted by molar-refractivity contribution is 0.240. The Morgan fingerprint density at radius 2 is 1.90 bits per heavy atom. The van der Waals surface area contributed by atoms with E-state index in [2.05, 4.69) is 65.2 Å². The molecule has 1 aromatic rings. The molecule has 1 aromatic heterocycles. The lowest BCUT2D eigenvalue weighted by Crippen LogP contribution is -2.40. The second-order valence-electron chi connectivity index (χ2n) is 5.33. The predicted molar refractivity (Wildman–Crippen MR) is 90.8 cm³/mol. The van der Waals surface area contributed by atoms with Crippen molar-refractivity contribution in [3.8, 4) is 0 Å². The van der Waals surface area contributed by atoms with Gasteiger partial charge < -0.3 is 15.2 Å². The van der Waals surface area contributed by atoms with Gasteiger partial charge in [-0.1, -0.05) is 6.92 Å². The second-order valence-corrected chi connectivity index (χ2v) is 5.33. The first kappa shape index (κ1) is 17.6. The van der Waals surface area contributed by atoms with Crippen LogP contribution in [-0.2, 0) is 6.54 Å². The number of likely N-dealkylation sites (N-methyl/N-ethyl adjacent to an activating group) is 1. The maximum Gasteiger partial charge on any atom is 0.191 e. The number of rotatable bonds is 9. The molecule has 0 atom stereocenters. The van der Waals surface area contributed by atoms with Gasteiger partial charge in [0.05, 0.1) is 6.54 Å². The Balaban J connectivity index is 2.34. The van der Waals surface area contributed by atoms with Crippen molar-refractivity contribution in [3.05, 3.63) is 24.5 Å². The van der Waals surface area contributed by atoms with Crippen molar-refractivity contribution in [1.29, 1.82) is 0 Å². The van der Waals surface area contributed by atoms with E-state index in [9.17, 15) is 0 Å². The Bertz CT molecular complexity index is 383. The summed E-state index contributed by atoms with van der Waals surface area (Å²) in [4.78, 5) is 7.07. The van der Waals surface area contributed by atoms with Crippen molar-refractivity contribution in [1.82, 2.24) is 20.1 Å². The van der Waals surface area contributed by atoms with Crippen LogP contribution in [0.1, 0.15) is 27.7 Å². The van der Waals surface area contributed by atoms with Crippen LogP contribution in [0.25, 0.3) is 0 Å². The third kappa shape index (κ3) is 7.18. The normalized spacial score (nSPS) is 12.2. The molecule has 0 saturated carbocycles. The fourth-order valence-electron chi connectivity index (χ4n) is 2.24. The molecule has 0 spiro atoms. The summed E-state index contributed by atoms with van der Waals surface area (Å²) in [6.07, 6.45) is 4.15. The number of aromatic nitrogens is 1. The molecule has 0 bridgehead atoms. The zero-order valence-corrected chi connectivity index (χ0v) is 14.0. The highest BCUT2D eigenvalue weighted by molar-refractivity contribution is 5.79. The maximum absolute atomic E-state index is 4.65. The molecule has 0 saturated heterocycles. The van der Waals surface area contributed by atoms with E-state index in [0.717, 1.165) is 45.2 Å². The molecule has 0 aromatic carbocycles. The van der Waals surface area contributed by atoms with Gasteiger partial charge in [0, 0.05) is 44.6 Å². The van der Waals surface area contributed by atoms with E-state index in [1.807, 2.05) is 12.1 Å². The molecule has 0 fully saturated rings. The van der Waals surface area contributed by atoms with Crippen LogP contribution >= 0.6 is 0 Å². The number of aliphatic imine (C=N–C) groups is 1. The molecule has 2 N–H and O–H groups in total.